The molecule has 2 heterocycles. The molecule has 0 saturated heterocycles. The number of ether oxygens (including phenoxy) is 1. The van der Waals surface area contributed by atoms with Crippen LogP contribution in [0.1, 0.15) is 10.6 Å². The minimum absolute atomic E-state index is 0.0260. The van der Waals surface area contributed by atoms with E-state index in [9.17, 15) is 9.18 Å². The molecule has 1 aromatic carbocycles. The molecule has 0 radical (unpaired) electrons. The minimum atomic E-state index is -0.466. The van der Waals surface area contributed by atoms with Crippen molar-refractivity contribution >= 4 is 50.8 Å². The SMILES string of the molecule is O=C(NCCOCCO)c1oc2ccncc2c1Nc1ccc(I)cc1F. The van der Waals surface area contributed by atoms with E-state index in [1.807, 2.05) is 22.6 Å². The number of aliphatic hydroxyl groups excluding tert-OH is 1. The molecule has 0 saturated carbocycles. The molecular formula is C18H17FIN3O4. The van der Waals surface area contributed by atoms with Gasteiger partial charge in [0.05, 0.1) is 30.9 Å². The van der Waals surface area contributed by atoms with Crippen molar-refractivity contribution < 1.29 is 23.4 Å². The highest BCUT2D eigenvalue weighted by molar-refractivity contribution is 14.1. The summed E-state index contributed by atoms with van der Waals surface area (Å²) < 4.78 is 25.8. The van der Waals surface area contributed by atoms with Gasteiger partial charge in [0.15, 0.2) is 0 Å². The molecule has 0 bridgehead atoms. The number of fused-ring (bicyclic) bond motifs is 1. The van der Waals surface area contributed by atoms with Gasteiger partial charge in [0.25, 0.3) is 5.91 Å². The van der Waals surface area contributed by atoms with Crippen molar-refractivity contribution in [3.63, 3.8) is 0 Å². The lowest BCUT2D eigenvalue weighted by Crippen LogP contribution is -2.27. The van der Waals surface area contributed by atoms with E-state index in [0.717, 1.165) is 3.57 Å². The number of amides is 1. The molecule has 0 aliphatic heterocycles. The van der Waals surface area contributed by atoms with Crippen molar-refractivity contribution in [1.82, 2.24) is 10.3 Å². The molecule has 0 aliphatic rings. The Morgan fingerprint density at radius 2 is 2.19 bits per heavy atom. The van der Waals surface area contributed by atoms with E-state index in [1.54, 1.807) is 30.6 Å². The Hall–Kier alpha value is -2.24. The molecule has 2 aromatic heterocycles. The zero-order chi connectivity index (χ0) is 19.2. The second kappa shape index (κ2) is 9.11. The standard InChI is InChI=1S/C18H17FIN3O4/c19-13-9-11(20)1-2-14(13)23-16-12-10-21-4-3-15(12)27-17(16)18(25)22-5-7-26-8-6-24/h1-4,9-10,23-24H,5-8H2,(H,22,25). The van der Waals surface area contributed by atoms with E-state index < -0.39 is 11.7 Å². The Balaban J connectivity index is 1.86. The summed E-state index contributed by atoms with van der Waals surface area (Å²) in [6.07, 6.45) is 3.10. The van der Waals surface area contributed by atoms with Crippen LogP contribution in [0, 0.1) is 9.39 Å². The van der Waals surface area contributed by atoms with Crippen LogP contribution in [0.4, 0.5) is 15.8 Å². The number of nitrogens with one attached hydrogen (secondary N) is 2. The number of carbonyl (C=O) groups is 1. The first kappa shape index (κ1) is 19.5. The maximum Gasteiger partial charge on any atom is 0.289 e. The average molecular weight is 485 g/mol. The Morgan fingerprint density at radius 1 is 1.33 bits per heavy atom. The van der Waals surface area contributed by atoms with E-state index in [-0.39, 0.29) is 37.8 Å². The second-order valence-electron chi connectivity index (χ2n) is 5.52. The van der Waals surface area contributed by atoms with Gasteiger partial charge >= 0.3 is 0 Å². The number of hydrogen-bond donors (Lipinski definition) is 3. The third kappa shape index (κ3) is 4.73. The predicted octanol–water partition coefficient (Wildman–Crippen LogP) is 3.05. The molecule has 0 fully saturated rings. The average Bonchev–Trinajstić information content (AvgIpc) is 3.02. The molecule has 3 aromatic rings. The predicted molar refractivity (Wildman–Crippen MR) is 107 cm³/mol. The van der Waals surface area contributed by atoms with Crippen LogP contribution in [0.25, 0.3) is 11.0 Å². The Bertz CT molecular complexity index is 948. The van der Waals surface area contributed by atoms with Crippen LogP contribution >= 0.6 is 22.6 Å². The smallest absolute Gasteiger partial charge is 0.289 e. The molecule has 0 spiro atoms. The van der Waals surface area contributed by atoms with Gasteiger partial charge in [-0.3, -0.25) is 9.78 Å². The number of aromatic nitrogens is 1. The van der Waals surface area contributed by atoms with Gasteiger partial charge in [0.2, 0.25) is 5.76 Å². The van der Waals surface area contributed by atoms with E-state index in [2.05, 4.69) is 15.6 Å². The van der Waals surface area contributed by atoms with Crippen molar-refractivity contribution in [3.8, 4) is 0 Å². The lowest BCUT2D eigenvalue weighted by molar-refractivity contribution is 0.0823. The van der Waals surface area contributed by atoms with Crippen molar-refractivity contribution in [2.75, 3.05) is 31.7 Å². The summed E-state index contributed by atoms with van der Waals surface area (Å²) in [6, 6.07) is 6.37. The van der Waals surface area contributed by atoms with E-state index in [4.69, 9.17) is 14.3 Å². The zero-order valence-corrected chi connectivity index (χ0v) is 16.3. The van der Waals surface area contributed by atoms with E-state index in [0.29, 0.717) is 16.7 Å². The Labute approximate surface area is 168 Å². The van der Waals surface area contributed by atoms with Crippen LogP contribution in [0.5, 0.6) is 0 Å². The highest BCUT2D eigenvalue weighted by atomic mass is 127. The summed E-state index contributed by atoms with van der Waals surface area (Å²) in [5.41, 5.74) is 1.02. The first-order chi connectivity index (χ1) is 13.1. The largest absolute Gasteiger partial charge is 0.448 e. The van der Waals surface area contributed by atoms with Gasteiger partial charge in [-0.25, -0.2) is 4.39 Å². The Kier molecular flexibility index (Phi) is 6.58. The fraction of sp³-hybridized carbons (Fsp3) is 0.222. The molecule has 0 atom stereocenters. The maximum absolute atomic E-state index is 14.2. The monoisotopic (exact) mass is 485 g/mol. The molecular weight excluding hydrogens is 468 g/mol. The topological polar surface area (TPSA) is 96.6 Å². The molecule has 3 N–H and O–H groups in total. The fourth-order valence-corrected chi connectivity index (χ4v) is 2.89. The number of furan rings is 1. The number of rotatable bonds is 8. The molecule has 0 unspecified atom stereocenters. The summed E-state index contributed by atoms with van der Waals surface area (Å²) in [7, 11) is 0. The van der Waals surface area contributed by atoms with Gasteiger partial charge in [0, 0.05) is 22.5 Å². The summed E-state index contributed by atoms with van der Waals surface area (Å²) in [6.45, 7) is 0.610. The quantitative estimate of drug-likeness (QED) is 0.336. The highest BCUT2D eigenvalue weighted by Gasteiger charge is 2.21. The van der Waals surface area contributed by atoms with Crippen molar-refractivity contribution in [2.24, 2.45) is 0 Å². The van der Waals surface area contributed by atoms with Gasteiger partial charge in [-0.1, -0.05) is 0 Å². The Morgan fingerprint density at radius 3 is 2.96 bits per heavy atom. The zero-order valence-electron chi connectivity index (χ0n) is 14.2. The lowest BCUT2D eigenvalue weighted by Gasteiger charge is -2.09. The lowest BCUT2D eigenvalue weighted by atomic mass is 10.2. The van der Waals surface area contributed by atoms with Crippen LogP contribution < -0.4 is 10.6 Å². The van der Waals surface area contributed by atoms with Crippen LogP contribution in [-0.2, 0) is 4.74 Å². The van der Waals surface area contributed by atoms with Crippen molar-refractivity contribution in [2.45, 2.75) is 0 Å². The fourth-order valence-electron chi connectivity index (χ4n) is 2.43. The van der Waals surface area contributed by atoms with Crippen molar-refractivity contribution in [1.29, 1.82) is 0 Å². The summed E-state index contributed by atoms with van der Waals surface area (Å²) >= 11 is 2.02. The first-order valence-electron chi connectivity index (χ1n) is 8.15. The van der Waals surface area contributed by atoms with Crippen LogP contribution in [-0.4, -0.2) is 42.4 Å². The molecule has 142 valence electrons. The van der Waals surface area contributed by atoms with E-state index in [1.165, 1.54) is 6.07 Å². The summed E-state index contributed by atoms with van der Waals surface area (Å²) in [5, 5.41) is 14.9. The van der Waals surface area contributed by atoms with Crippen LogP contribution in [0.3, 0.4) is 0 Å². The number of carbonyl (C=O) groups excluding carboxylic acids is 1. The molecule has 7 nitrogen and oxygen atoms in total. The number of nitrogens with zero attached hydrogens (tertiary/aromatic N) is 1. The number of aliphatic hydroxyl groups is 1. The van der Waals surface area contributed by atoms with Gasteiger partial charge in [-0.15, -0.1) is 0 Å². The number of benzene rings is 1. The van der Waals surface area contributed by atoms with Crippen LogP contribution in [0.2, 0.25) is 0 Å². The summed E-state index contributed by atoms with van der Waals surface area (Å²) in [4.78, 5) is 16.6. The van der Waals surface area contributed by atoms with Crippen molar-refractivity contribution in [3.05, 3.63) is 51.8 Å². The number of anilines is 2. The molecule has 27 heavy (non-hydrogen) atoms. The third-order valence-corrected chi connectivity index (χ3v) is 4.33. The number of halogens is 2. The number of pyridine rings is 1. The highest BCUT2D eigenvalue weighted by Crippen LogP contribution is 2.33. The molecule has 9 heteroatoms. The van der Waals surface area contributed by atoms with Gasteiger partial charge in [-0.2, -0.15) is 0 Å². The normalized spacial score (nSPS) is 10.9. The molecule has 3 rings (SSSR count). The van der Waals surface area contributed by atoms with E-state index >= 15 is 0 Å². The summed E-state index contributed by atoms with van der Waals surface area (Å²) in [5.74, 6) is -0.880. The van der Waals surface area contributed by atoms with Gasteiger partial charge in [-0.05, 0) is 46.9 Å². The molecule has 1 amide bonds. The molecule has 0 aliphatic carbocycles. The second-order valence-corrected chi connectivity index (χ2v) is 6.76. The first-order valence-corrected chi connectivity index (χ1v) is 9.23. The number of hydrogen-bond acceptors (Lipinski definition) is 6. The third-order valence-electron chi connectivity index (χ3n) is 3.65. The van der Waals surface area contributed by atoms with Crippen LogP contribution in [0.15, 0.2) is 41.1 Å². The van der Waals surface area contributed by atoms with Gasteiger partial charge < -0.3 is 24.9 Å². The minimum Gasteiger partial charge on any atom is -0.448 e. The van der Waals surface area contributed by atoms with Gasteiger partial charge in [0.1, 0.15) is 17.1 Å². The maximum atomic E-state index is 14.2.